The number of fused-ring (bicyclic) bond motifs is 1. The predicted octanol–water partition coefficient (Wildman–Crippen LogP) is 1.07. The molecular formula is C10H15NO2. The van der Waals surface area contributed by atoms with E-state index in [0.717, 1.165) is 36.3 Å². The lowest BCUT2D eigenvalue weighted by Crippen LogP contribution is -2.37. The molecule has 0 spiro atoms. The summed E-state index contributed by atoms with van der Waals surface area (Å²) in [6.45, 7) is 2.17. The molecular weight excluding hydrogens is 166 g/mol. The second-order valence-corrected chi connectivity index (χ2v) is 3.78. The van der Waals surface area contributed by atoms with Crippen LogP contribution in [0.25, 0.3) is 0 Å². The topological polar surface area (TPSA) is 59.4 Å². The molecule has 3 nitrogen and oxygen atoms in total. The first-order valence-corrected chi connectivity index (χ1v) is 4.68. The monoisotopic (exact) mass is 181 g/mol. The van der Waals surface area contributed by atoms with E-state index in [9.17, 15) is 5.11 Å². The number of hydrogen-bond donors (Lipinski definition) is 2. The molecule has 0 amide bonds. The van der Waals surface area contributed by atoms with Crippen molar-refractivity contribution < 1.29 is 9.52 Å². The molecule has 0 radical (unpaired) electrons. The molecule has 0 bridgehead atoms. The van der Waals surface area contributed by atoms with Crippen LogP contribution in [0.3, 0.4) is 0 Å². The summed E-state index contributed by atoms with van der Waals surface area (Å²) in [5.41, 5.74) is 5.63. The Balaban J connectivity index is 2.47. The first kappa shape index (κ1) is 8.78. The van der Waals surface area contributed by atoms with E-state index in [0.29, 0.717) is 0 Å². The van der Waals surface area contributed by atoms with Crippen molar-refractivity contribution >= 4 is 0 Å². The minimum atomic E-state index is -0.842. The SMILES string of the molecule is Cc1cc2c(o1)CCCC2(O)CN. The van der Waals surface area contributed by atoms with Gasteiger partial charge in [0.2, 0.25) is 0 Å². The molecule has 0 fully saturated rings. The lowest BCUT2D eigenvalue weighted by Gasteiger charge is -2.29. The van der Waals surface area contributed by atoms with Crippen LogP contribution in [0.5, 0.6) is 0 Å². The van der Waals surface area contributed by atoms with Gasteiger partial charge in [-0.2, -0.15) is 0 Å². The summed E-state index contributed by atoms with van der Waals surface area (Å²) in [4.78, 5) is 0. The molecule has 0 aromatic carbocycles. The Labute approximate surface area is 77.5 Å². The van der Waals surface area contributed by atoms with Crippen LogP contribution in [0.15, 0.2) is 10.5 Å². The quantitative estimate of drug-likeness (QED) is 0.681. The fourth-order valence-corrected chi connectivity index (χ4v) is 2.03. The Morgan fingerprint density at radius 3 is 3.15 bits per heavy atom. The molecule has 1 aliphatic carbocycles. The van der Waals surface area contributed by atoms with E-state index in [4.69, 9.17) is 10.2 Å². The van der Waals surface area contributed by atoms with E-state index in [1.54, 1.807) is 0 Å². The maximum atomic E-state index is 10.2. The molecule has 0 saturated carbocycles. The zero-order chi connectivity index (χ0) is 9.47. The average Bonchev–Trinajstić information content (AvgIpc) is 2.48. The molecule has 1 aliphatic rings. The first-order valence-electron chi connectivity index (χ1n) is 4.68. The van der Waals surface area contributed by atoms with E-state index in [1.165, 1.54) is 0 Å². The van der Waals surface area contributed by atoms with Crippen molar-refractivity contribution in [3.8, 4) is 0 Å². The summed E-state index contributed by atoms with van der Waals surface area (Å²) in [5.74, 6) is 1.77. The lowest BCUT2D eigenvalue weighted by atomic mass is 9.83. The first-order chi connectivity index (χ1) is 6.15. The summed E-state index contributed by atoms with van der Waals surface area (Å²) < 4.78 is 5.49. The summed E-state index contributed by atoms with van der Waals surface area (Å²) in [6, 6.07) is 1.90. The maximum absolute atomic E-state index is 10.2. The van der Waals surface area contributed by atoms with Crippen LogP contribution >= 0.6 is 0 Å². The van der Waals surface area contributed by atoms with Gasteiger partial charge in [0.1, 0.15) is 17.1 Å². The molecule has 3 N–H and O–H groups in total. The van der Waals surface area contributed by atoms with Crippen molar-refractivity contribution in [1.29, 1.82) is 0 Å². The van der Waals surface area contributed by atoms with Crippen LogP contribution < -0.4 is 5.73 Å². The van der Waals surface area contributed by atoms with Crippen molar-refractivity contribution in [2.75, 3.05) is 6.54 Å². The van der Waals surface area contributed by atoms with Crippen molar-refractivity contribution in [2.24, 2.45) is 5.73 Å². The fraction of sp³-hybridized carbons (Fsp3) is 0.600. The molecule has 1 heterocycles. The third kappa shape index (κ3) is 1.28. The minimum Gasteiger partial charge on any atom is -0.466 e. The zero-order valence-corrected chi connectivity index (χ0v) is 7.84. The second kappa shape index (κ2) is 2.86. The van der Waals surface area contributed by atoms with E-state index >= 15 is 0 Å². The van der Waals surface area contributed by atoms with Crippen LogP contribution in [0.4, 0.5) is 0 Å². The number of rotatable bonds is 1. The van der Waals surface area contributed by atoms with E-state index in [2.05, 4.69) is 0 Å². The van der Waals surface area contributed by atoms with E-state index < -0.39 is 5.60 Å². The number of furan rings is 1. The molecule has 72 valence electrons. The molecule has 1 atom stereocenters. The summed E-state index contributed by atoms with van der Waals surface area (Å²) >= 11 is 0. The summed E-state index contributed by atoms with van der Waals surface area (Å²) in [6.07, 6.45) is 2.62. The molecule has 0 aliphatic heterocycles. The normalized spacial score (nSPS) is 27.3. The van der Waals surface area contributed by atoms with Crippen LogP contribution in [0, 0.1) is 6.92 Å². The van der Waals surface area contributed by atoms with Crippen molar-refractivity contribution in [3.05, 3.63) is 23.2 Å². The Morgan fingerprint density at radius 1 is 1.69 bits per heavy atom. The minimum absolute atomic E-state index is 0.277. The zero-order valence-electron chi connectivity index (χ0n) is 7.84. The van der Waals surface area contributed by atoms with Gasteiger partial charge in [0, 0.05) is 18.5 Å². The molecule has 3 heteroatoms. The van der Waals surface area contributed by atoms with Crippen LogP contribution in [0.2, 0.25) is 0 Å². The Bertz CT molecular complexity index is 319. The summed E-state index contributed by atoms with van der Waals surface area (Å²) in [7, 11) is 0. The Hall–Kier alpha value is -0.800. The average molecular weight is 181 g/mol. The third-order valence-electron chi connectivity index (χ3n) is 2.77. The van der Waals surface area contributed by atoms with Gasteiger partial charge in [-0.15, -0.1) is 0 Å². The molecule has 13 heavy (non-hydrogen) atoms. The van der Waals surface area contributed by atoms with Gasteiger partial charge in [-0.05, 0) is 25.8 Å². The Morgan fingerprint density at radius 2 is 2.46 bits per heavy atom. The van der Waals surface area contributed by atoms with Gasteiger partial charge in [0.15, 0.2) is 0 Å². The van der Waals surface area contributed by atoms with Crippen LogP contribution in [0.1, 0.15) is 29.9 Å². The van der Waals surface area contributed by atoms with E-state index in [-0.39, 0.29) is 6.54 Å². The number of hydrogen-bond acceptors (Lipinski definition) is 3. The second-order valence-electron chi connectivity index (χ2n) is 3.78. The van der Waals surface area contributed by atoms with Gasteiger partial charge in [-0.1, -0.05) is 0 Å². The Kier molecular flexibility index (Phi) is 1.93. The molecule has 1 aromatic heterocycles. The molecule has 1 unspecified atom stereocenters. The fourth-order valence-electron chi connectivity index (χ4n) is 2.03. The molecule has 0 saturated heterocycles. The van der Waals surface area contributed by atoms with Crippen molar-refractivity contribution in [2.45, 2.75) is 31.8 Å². The van der Waals surface area contributed by atoms with Gasteiger partial charge in [0.25, 0.3) is 0 Å². The lowest BCUT2D eigenvalue weighted by molar-refractivity contribution is 0.0257. The van der Waals surface area contributed by atoms with Gasteiger partial charge in [-0.3, -0.25) is 0 Å². The van der Waals surface area contributed by atoms with Crippen LogP contribution in [-0.4, -0.2) is 11.7 Å². The van der Waals surface area contributed by atoms with Gasteiger partial charge in [-0.25, -0.2) is 0 Å². The van der Waals surface area contributed by atoms with Crippen molar-refractivity contribution in [1.82, 2.24) is 0 Å². The number of aryl methyl sites for hydroxylation is 2. The van der Waals surface area contributed by atoms with Crippen LogP contribution in [-0.2, 0) is 12.0 Å². The third-order valence-corrected chi connectivity index (χ3v) is 2.77. The highest BCUT2D eigenvalue weighted by Crippen LogP contribution is 2.36. The standard InChI is InChI=1S/C10H15NO2/c1-7-5-8-9(13-7)3-2-4-10(8,12)6-11/h5,12H,2-4,6,11H2,1H3. The highest BCUT2D eigenvalue weighted by atomic mass is 16.3. The molecule has 2 rings (SSSR count). The summed E-state index contributed by atoms with van der Waals surface area (Å²) in [5, 5.41) is 10.2. The smallest absolute Gasteiger partial charge is 0.110 e. The van der Waals surface area contributed by atoms with Crippen molar-refractivity contribution in [3.63, 3.8) is 0 Å². The van der Waals surface area contributed by atoms with Gasteiger partial charge >= 0.3 is 0 Å². The largest absolute Gasteiger partial charge is 0.466 e. The van der Waals surface area contributed by atoms with Gasteiger partial charge < -0.3 is 15.3 Å². The number of nitrogens with two attached hydrogens (primary N) is 1. The number of aliphatic hydroxyl groups is 1. The van der Waals surface area contributed by atoms with E-state index in [1.807, 2.05) is 13.0 Å². The highest BCUT2D eigenvalue weighted by molar-refractivity contribution is 5.30. The maximum Gasteiger partial charge on any atom is 0.110 e. The predicted molar refractivity (Wildman–Crippen MR) is 49.3 cm³/mol. The van der Waals surface area contributed by atoms with Gasteiger partial charge in [0.05, 0.1) is 0 Å². The molecule has 1 aromatic rings. The highest BCUT2D eigenvalue weighted by Gasteiger charge is 2.35.